The molecule has 0 unspecified atom stereocenters. The number of rotatable bonds is 3. The Balaban J connectivity index is 1.83. The van der Waals surface area contributed by atoms with Crippen LogP contribution in [0.2, 0.25) is 0 Å². The summed E-state index contributed by atoms with van der Waals surface area (Å²) >= 11 is 0. The number of hydrazone groups is 1. The summed E-state index contributed by atoms with van der Waals surface area (Å²) in [6.07, 6.45) is 0.916. The number of phenolic OH excluding ortho intramolecular Hbond substituents is 1. The lowest BCUT2D eigenvalue weighted by Gasteiger charge is -2.20. The molecule has 1 aromatic carbocycles. The number of carbonyl (C=O) groups excluding carboxylic acids is 2. The highest BCUT2D eigenvalue weighted by Gasteiger charge is 2.29. The smallest absolute Gasteiger partial charge is 0.271 e. The predicted octanol–water partition coefficient (Wildman–Crippen LogP) is 0.479. The molecule has 0 radical (unpaired) electrons. The maximum atomic E-state index is 12.3. The molecule has 2 aliphatic heterocycles. The van der Waals surface area contributed by atoms with Crippen molar-refractivity contribution in [2.45, 2.75) is 19.3 Å². The Morgan fingerprint density at radius 1 is 1.32 bits per heavy atom. The van der Waals surface area contributed by atoms with E-state index in [4.69, 9.17) is 0 Å². The van der Waals surface area contributed by atoms with Crippen LogP contribution >= 0.6 is 0 Å². The quantitative estimate of drug-likeness (QED) is 0.754. The Hall–Kier alpha value is -2.62. The minimum atomic E-state index is -3.36. The molecule has 0 aliphatic carbocycles. The van der Waals surface area contributed by atoms with E-state index in [0.29, 0.717) is 18.7 Å². The highest BCUT2D eigenvalue weighted by Crippen LogP contribution is 2.32. The van der Waals surface area contributed by atoms with Gasteiger partial charge in [-0.25, -0.2) is 13.4 Å². The second-order valence-electron chi connectivity index (χ2n) is 5.86. The summed E-state index contributed by atoms with van der Waals surface area (Å²) in [4.78, 5) is 23.7. The Morgan fingerprint density at radius 3 is 2.72 bits per heavy atom. The van der Waals surface area contributed by atoms with E-state index in [2.05, 4.69) is 10.4 Å². The third kappa shape index (κ3) is 3.43. The molecular formula is C15H18N4O5S. The number of nitrogens with zero attached hydrogens (tertiary/aromatic N) is 3. The molecule has 3 rings (SSSR count). The Labute approximate surface area is 145 Å². The predicted molar refractivity (Wildman–Crippen MR) is 91.9 cm³/mol. The molecule has 0 aromatic heterocycles. The van der Waals surface area contributed by atoms with Crippen molar-refractivity contribution in [1.82, 2.24) is 5.01 Å². The highest BCUT2D eigenvalue weighted by atomic mass is 32.2. The Bertz CT molecular complexity index is 865. The van der Waals surface area contributed by atoms with Crippen molar-refractivity contribution in [3.05, 3.63) is 18.2 Å². The number of benzene rings is 1. The number of anilines is 2. The fourth-order valence-electron chi connectivity index (χ4n) is 2.74. The van der Waals surface area contributed by atoms with Crippen molar-refractivity contribution >= 4 is 38.9 Å². The maximum absolute atomic E-state index is 12.3. The third-order valence-corrected chi connectivity index (χ3v) is 5.95. The molecule has 1 fully saturated rings. The fourth-order valence-corrected chi connectivity index (χ4v) is 4.29. The molecular weight excluding hydrogens is 348 g/mol. The van der Waals surface area contributed by atoms with Gasteiger partial charge in [0.05, 0.1) is 17.1 Å². The van der Waals surface area contributed by atoms with Gasteiger partial charge in [0.2, 0.25) is 15.9 Å². The van der Waals surface area contributed by atoms with Gasteiger partial charge in [0.25, 0.3) is 5.91 Å². The number of nitrogens with one attached hydrogen (secondary N) is 1. The number of sulfonamides is 1. The summed E-state index contributed by atoms with van der Waals surface area (Å²) in [5, 5.41) is 17.5. The Morgan fingerprint density at radius 2 is 2.08 bits per heavy atom. The van der Waals surface area contributed by atoms with Crippen LogP contribution in [0.1, 0.15) is 19.3 Å². The zero-order valence-electron chi connectivity index (χ0n) is 13.6. The van der Waals surface area contributed by atoms with E-state index in [9.17, 15) is 23.1 Å². The summed E-state index contributed by atoms with van der Waals surface area (Å²) in [5.41, 5.74) is 0.635. The lowest BCUT2D eigenvalue weighted by molar-refractivity contribution is -0.130. The number of amides is 2. The normalized spacial score (nSPS) is 19.7. The first-order valence-corrected chi connectivity index (χ1v) is 9.38. The van der Waals surface area contributed by atoms with Crippen LogP contribution in [0.4, 0.5) is 11.4 Å². The van der Waals surface area contributed by atoms with E-state index in [1.807, 2.05) is 0 Å². The molecule has 2 aliphatic rings. The van der Waals surface area contributed by atoms with Crippen LogP contribution in [0.3, 0.4) is 0 Å². The van der Waals surface area contributed by atoms with Crippen molar-refractivity contribution in [2.24, 2.45) is 5.10 Å². The number of hydrogen-bond acceptors (Lipinski definition) is 6. The van der Waals surface area contributed by atoms with Gasteiger partial charge in [-0.05, 0) is 24.6 Å². The summed E-state index contributed by atoms with van der Waals surface area (Å²) in [6, 6.07) is 4.23. The fraction of sp³-hybridized carbons (Fsp3) is 0.400. The average molecular weight is 366 g/mol. The van der Waals surface area contributed by atoms with Gasteiger partial charge >= 0.3 is 0 Å². The largest absolute Gasteiger partial charge is 0.506 e. The standard InChI is InChI=1S/C15H18N4O5S/c1-18-14(21)6-4-11(17-18)15(22)16-12-9-10(3-5-13(12)20)19-7-2-8-25(19,23)24/h3,5,9,20H,2,4,6-8H2,1H3,(H,16,22). The van der Waals surface area contributed by atoms with Crippen LogP contribution in [-0.4, -0.2) is 55.4 Å². The average Bonchev–Trinajstić information content (AvgIpc) is 2.91. The topological polar surface area (TPSA) is 119 Å². The Kier molecular flexibility index (Phi) is 4.38. The first-order valence-electron chi connectivity index (χ1n) is 7.77. The highest BCUT2D eigenvalue weighted by molar-refractivity contribution is 7.93. The van der Waals surface area contributed by atoms with Crippen molar-refractivity contribution in [1.29, 1.82) is 0 Å². The van der Waals surface area contributed by atoms with Crippen LogP contribution in [-0.2, 0) is 19.6 Å². The van der Waals surface area contributed by atoms with Crippen LogP contribution in [0, 0.1) is 0 Å². The van der Waals surface area contributed by atoms with E-state index in [0.717, 1.165) is 5.01 Å². The van der Waals surface area contributed by atoms with E-state index >= 15 is 0 Å². The maximum Gasteiger partial charge on any atom is 0.271 e. The molecule has 0 atom stereocenters. The SMILES string of the molecule is CN1N=C(C(=O)Nc2cc(N3CCCS3(=O)=O)ccc2O)CCC1=O. The second-order valence-corrected chi connectivity index (χ2v) is 7.87. The second kappa shape index (κ2) is 6.36. The lowest BCUT2D eigenvalue weighted by atomic mass is 10.1. The van der Waals surface area contributed by atoms with Crippen molar-refractivity contribution in [2.75, 3.05) is 29.0 Å². The number of aromatic hydroxyl groups is 1. The van der Waals surface area contributed by atoms with Crippen LogP contribution in [0.25, 0.3) is 0 Å². The van der Waals surface area contributed by atoms with E-state index < -0.39 is 15.9 Å². The molecule has 10 heteroatoms. The van der Waals surface area contributed by atoms with Gasteiger partial charge in [-0.15, -0.1) is 0 Å². The molecule has 134 valence electrons. The summed E-state index contributed by atoms with van der Waals surface area (Å²) in [5.74, 6) is -0.835. The molecule has 0 spiro atoms. The van der Waals surface area contributed by atoms with Crippen molar-refractivity contribution in [3.8, 4) is 5.75 Å². The zero-order chi connectivity index (χ0) is 18.2. The van der Waals surface area contributed by atoms with Gasteiger partial charge in [-0.1, -0.05) is 0 Å². The molecule has 1 saturated heterocycles. The number of phenols is 1. The molecule has 2 N–H and O–H groups in total. The van der Waals surface area contributed by atoms with Crippen molar-refractivity contribution < 1.29 is 23.1 Å². The van der Waals surface area contributed by atoms with Gasteiger partial charge in [-0.2, -0.15) is 5.10 Å². The molecule has 0 bridgehead atoms. The summed E-state index contributed by atoms with van der Waals surface area (Å²) < 4.78 is 25.3. The molecule has 1 aromatic rings. The third-order valence-electron chi connectivity index (χ3n) is 4.09. The summed E-state index contributed by atoms with van der Waals surface area (Å²) in [6.45, 7) is 0.361. The molecule has 2 amide bonds. The monoisotopic (exact) mass is 366 g/mol. The van der Waals surface area contributed by atoms with Crippen LogP contribution in [0.15, 0.2) is 23.3 Å². The molecule has 25 heavy (non-hydrogen) atoms. The first-order chi connectivity index (χ1) is 11.8. The van der Waals surface area contributed by atoms with Crippen LogP contribution < -0.4 is 9.62 Å². The van der Waals surface area contributed by atoms with Gasteiger partial charge in [-0.3, -0.25) is 13.9 Å². The van der Waals surface area contributed by atoms with E-state index in [1.165, 1.54) is 29.6 Å². The minimum Gasteiger partial charge on any atom is -0.506 e. The van der Waals surface area contributed by atoms with Gasteiger partial charge in [0.15, 0.2) is 0 Å². The zero-order valence-corrected chi connectivity index (χ0v) is 14.4. The first kappa shape index (κ1) is 17.2. The molecule has 2 heterocycles. The van der Waals surface area contributed by atoms with Gasteiger partial charge in [0.1, 0.15) is 11.5 Å². The van der Waals surface area contributed by atoms with Crippen LogP contribution in [0.5, 0.6) is 5.75 Å². The molecule has 0 saturated carbocycles. The van der Waals surface area contributed by atoms with Gasteiger partial charge in [0, 0.05) is 26.4 Å². The number of hydrogen-bond donors (Lipinski definition) is 2. The minimum absolute atomic E-state index is 0.0761. The van der Waals surface area contributed by atoms with E-state index in [-0.39, 0.29) is 41.7 Å². The van der Waals surface area contributed by atoms with E-state index in [1.54, 1.807) is 0 Å². The lowest BCUT2D eigenvalue weighted by Crippen LogP contribution is -2.34. The van der Waals surface area contributed by atoms with Gasteiger partial charge < -0.3 is 10.4 Å². The molecule has 9 nitrogen and oxygen atoms in total. The van der Waals surface area contributed by atoms with Crippen molar-refractivity contribution in [3.63, 3.8) is 0 Å². The summed E-state index contributed by atoms with van der Waals surface area (Å²) in [7, 11) is -1.90. The number of carbonyl (C=O) groups is 2.